The maximum absolute atomic E-state index is 6.07. The minimum atomic E-state index is 0.670. The lowest BCUT2D eigenvalue weighted by molar-refractivity contribution is 0.160. The molecule has 1 aliphatic rings. The van der Waals surface area contributed by atoms with E-state index in [0.717, 1.165) is 5.88 Å². The summed E-state index contributed by atoms with van der Waals surface area (Å²) in [4.78, 5) is 2.64. The van der Waals surface area contributed by atoms with Crippen molar-refractivity contribution in [2.75, 3.05) is 19.0 Å². The second kappa shape index (κ2) is 13.0. The molecule has 0 saturated carbocycles. The van der Waals surface area contributed by atoms with Gasteiger partial charge in [0.15, 0.2) is 0 Å². The molecule has 1 unspecified atom stereocenters. The van der Waals surface area contributed by atoms with Gasteiger partial charge in [0.1, 0.15) is 0 Å². The van der Waals surface area contributed by atoms with E-state index in [9.17, 15) is 0 Å². The molecule has 120 valence electrons. The number of hydrogen-bond acceptors (Lipinski definition) is 1. The van der Waals surface area contributed by atoms with E-state index in [1.54, 1.807) is 0 Å². The van der Waals surface area contributed by atoms with Gasteiger partial charge >= 0.3 is 0 Å². The third-order valence-electron chi connectivity index (χ3n) is 4.73. The molecular weight excluding hydrogens is 266 g/mol. The zero-order valence-corrected chi connectivity index (χ0v) is 14.5. The Hall–Kier alpha value is 0.250. The lowest BCUT2D eigenvalue weighted by Gasteiger charge is -2.34. The minimum absolute atomic E-state index is 0.670. The normalized spacial score (nSPS) is 20.4. The van der Waals surface area contributed by atoms with E-state index in [0.29, 0.717) is 6.04 Å². The summed E-state index contributed by atoms with van der Waals surface area (Å²) >= 11 is 6.07. The molecule has 0 bridgehead atoms. The Kier molecular flexibility index (Phi) is 11.8. The smallest absolute Gasteiger partial charge is 0.0379 e. The molecule has 1 heterocycles. The van der Waals surface area contributed by atoms with E-state index in [-0.39, 0.29) is 0 Å². The Balaban J connectivity index is 1.86. The van der Waals surface area contributed by atoms with E-state index in [1.165, 1.54) is 96.6 Å². The number of halogens is 1. The van der Waals surface area contributed by atoms with Crippen LogP contribution in [0.3, 0.4) is 0 Å². The number of rotatable bonds is 12. The first-order valence-electron chi connectivity index (χ1n) is 9.18. The predicted octanol–water partition coefficient (Wildman–Crippen LogP) is 6.00. The standard InChI is InChI=1S/C18H36ClN/c1-2-3-4-5-6-7-8-9-10-12-15-20-16-13-11-14-18(20)17-19/h18H,2-17H2,1H3. The van der Waals surface area contributed by atoms with Gasteiger partial charge in [-0.05, 0) is 32.4 Å². The molecule has 1 rings (SSSR count). The summed E-state index contributed by atoms with van der Waals surface area (Å²) in [6, 6.07) is 0.670. The Bertz CT molecular complexity index is 208. The zero-order valence-electron chi connectivity index (χ0n) is 13.7. The molecule has 0 amide bonds. The van der Waals surface area contributed by atoms with Crippen molar-refractivity contribution in [3.05, 3.63) is 0 Å². The first-order chi connectivity index (χ1) is 9.88. The maximum atomic E-state index is 6.07. The number of unbranched alkanes of at least 4 members (excludes halogenated alkanes) is 9. The van der Waals surface area contributed by atoms with Crippen LogP contribution in [0.15, 0.2) is 0 Å². The quantitative estimate of drug-likeness (QED) is 0.315. The van der Waals surface area contributed by atoms with Crippen molar-refractivity contribution in [3.63, 3.8) is 0 Å². The van der Waals surface area contributed by atoms with Gasteiger partial charge in [0.2, 0.25) is 0 Å². The summed E-state index contributed by atoms with van der Waals surface area (Å²) in [7, 11) is 0. The van der Waals surface area contributed by atoms with Crippen LogP contribution in [0.4, 0.5) is 0 Å². The van der Waals surface area contributed by atoms with E-state index >= 15 is 0 Å². The van der Waals surface area contributed by atoms with Crippen LogP contribution in [0.2, 0.25) is 0 Å². The third kappa shape index (κ3) is 8.52. The van der Waals surface area contributed by atoms with Crippen LogP contribution in [0, 0.1) is 0 Å². The van der Waals surface area contributed by atoms with Crippen LogP contribution in [-0.4, -0.2) is 29.9 Å². The highest BCUT2D eigenvalue weighted by atomic mass is 35.5. The SMILES string of the molecule is CCCCCCCCCCCCN1CCCCC1CCl. The second-order valence-corrected chi connectivity index (χ2v) is 6.83. The van der Waals surface area contributed by atoms with Gasteiger partial charge in [0, 0.05) is 11.9 Å². The molecular formula is C18H36ClN. The fraction of sp³-hybridized carbons (Fsp3) is 1.00. The average molecular weight is 302 g/mol. The minimum Gasteiger partial charge on any atom is -0.299 e. The summed E-state index contributed by atoms with van der Waals surface area (Å²) in [5.41, 5.74) is 0. The molecule has 0 aromatic carbocycles. The van der Waals surface area contributed by atoms with Crippen LogP contribution in [0.25, 0.3) is 0 Å². The van der Waals surface area contributed by atoms with Crippen molar-refractivity contribution in [3.8, 4) is 0 Å². The molecule has 0 aromatic rings. The number of nitrogens with zero attached hydrogens (tertiary/aromatic N) is 1. The van der Waals surface area contributed by atoms with E-state index in [1.807, 2.05) is 0 Å². The largest absolute Gasteiger partial charge is 0.299 e. The zero-order chi connectivity index (χ0) is 14.5. The van der Waals surface area contributed by atoms with Gasteiger partial charge < -0.3 is 0 Å². The van der Waals surface area contributed by atoms with Crippen molar-refractivity contribution < 1.29 is 0 Å². The lowest BCUT2D eigenvalue weighted by atomic mass is 10.0. The van der Waals surface area contributed by atoms with Crippen molar-refractivity contribution in [1.29, 1.82) is 0 Å². The highest BCUT2D eigenvalue weighted by Gasteiger charge is 2.20. The molecule has 1 saturated heterocycles. The highest BCUT2D eigenvalue weighted by molar-refractivity contribution is 6.18. The van der Waals surface area contributed by atoms with Gasteiger partial charge in [0.05, 0.1) is 0 Å². The molecule has 0 aromatic heterocycles. The Morgan fingerprint density at radius 2 is 1.45 bits per heavy atom. The molecule has 0 radical (unpaired) electrons. The number of likely N-dealkylation sites (tertiary alicyclic amines) is 1. The number of piperidine rings is 1. The van der Waals surface area contributed by atoms with Crippen LogP contribution in [0.1, 0.15) is 90.4 Å². The third-order valence-corrected chi connectivity index (χ3v) is 5.08. The average Bonchev–Trinajstić information content (AvgIpc) is 2.49. The number of alkyl halides is 1. The second-order valence-electron chi connectivity index (χ2n) is 6.52. The fourth-order valence-electron chi connectivity index (χ4n) is 3.33. The van der Waals surface area contributed by atoms with Crippen LogP contribution in [0.5, 0.6) is 0 Å². The Labute approximate surface area is 132 Å². The molecule has 0 spiro atoms. The van der Waals surface area contributed by atoms with Gasteiger partial charge in [-0.2, -0.15) is 0 Å². The summed E-state index contributed by atoms with van der Waals surface area (Å²) in [5, 5.41) is 0. The first kappa shape index (κ1) is 18.3. The highest BCUT2D eigenvalue weighted by Crippen LogP contribution is 2.19. The monoisotopic (exact) mass is 301 g/mol. The van der Waals surface area contributed by atoms with Gasteiger partial charge in [-0.1, -0.05) is 71.1 Å². The molecule has 1 fully saturated rings. The van der Waals surface area contributed by atoms with Gasteiger partial charge in [-0.15, -0.1) is 11.6 Å². The molecule has 1 aliphatic heterocycles. The molecule has 20 heavy (non-hydrogen) atoms. The summed E-state index contributed by atoms with van der Waals surface area (Å²) in [6.45, 7) is 4.86. The van der Waals surface area contributed by atoms with Gasteiger partial charge in [0.25, 0.3) is 0 Å². The van der Waals surface area contributed by atoms with Crippen molar-refractivity contribution in [1.82, 2.24) is 4.90 Å². The van der Waals surface area contributed by atoms with E-state index in [4.69, 9.17) is 11.6 Å². The van der Waals surface area contributed by atoms with Crippen LogP contribution >= 0.6 is 11.6 Å². The summed E-state index contributed by atoms with van der Waals surface area (Å²) in [6.07, 6.45) is 18.4. The van der Waals surface area contributed by atoms with Crippen LogP contribution < -0.4 is 0 Å². The lowest BCUT2D eigenvalue weighted by Crippen LogP contribution is -2.41. The molecule has 1 nitrogen and oxygen atoms in total. The van der Waals surface area contributed by atoms with Crippen molar-refractivity contribution in [2.24, 2.45) is 0 Å². The van der Waals surface area contributed by atoms with Gasteiger partial charge in [-0.3, -0.25) is 4.90 Å². The molecule has 2 heteroatoms. The Morgan fingerprint density at radius 3 is 2.05 bits per heavy atom. The number of hydrogen-bond donors (Lipinski definition) is 0. The van der Waals surface area contributed by atoms with Crippen molar-refractivity contribution in [2.45, 2.75) is 96.4 Å². The predicted molar refractivity (Wildman–Crippen MR) is 91.8 cm³/mol. The summed E-state index contributed by atoms with van der Waals surface area (Å²) < 4.78 is 0. The molecule has 1 atom stereocenters. The van der Waals surface area contributed by atoms with Gasteiger partial charge in [-0.25, -0.2) is 0 Å². The Morgan fingerprint density at radius 1 is 0.850 bits per heavy atom. The molecule has 0 aliphatic carbocycles. The summed E-state index contributed by atoms with van der Waals surface area (Å²) in [5.74, 6) is 0.831. The van der Waals surface area contributed by atoms with E-state index < -0.39 is 0 Å². The first-order valence-corrected chi connectivity index (χ1v) is 9.72. The topological polar surface area (TPSA) is 3.24 Å². The fourth-order valence-corrected chi connectivity index (χ4v) is 3.68. The maximum Gasteiger partial charge on any atom is 0.0379 e. The van der Waals surface area contributed by atoms with Crippen molar-refractivity contribution >= 4 is 11.6 Å². The van der Waals surface area contributed by atoms with Crippen LogP contribution in [-0.2, 0) is 0 Å². The van der Waals surface area contributed by atoms with E-state index in [2.05, 4.69) is 11.8 Å². The molecule has 0 N–H and O–H groups in total.